The Morgan fingerprint density at radius 3 is 2.65 bits per heavy atom. The zero-order valence-electron chi connectivity index (χ0n) is 10.1. The normalized spacial score (nSPS) is 11.1. The van der Waals surface area contributed by atoms with Gasteiger partial charge in [-0.1, -0.05) is 0 Å². The van der Waals surface area contributed by atoms with E-state index >= 15 is 0 Å². The first-order valence-electron chi connectivity index (χ1n) is 4.77. The summed E-state index contributed by atoms with van der Waals surface area (Å²) in [5.74, 6) is 0.771. The fraction of sp³-hybridized carbons (Fsp3) is 0.556. The molecule has 1 aromatic heterocycles. The van der Waals surface area contributed by atoms with E-state index in [9.17, 15) is 4.79 Å². The second kappa shape index (κ2) is 5.56. The number of hydrogen-bond acceptors (Lipinski definition) is 7. The number of carbonyl (C=O) groups excluding carboxylic acids is 1. The Hall–Kier alpha value is -0.990. The standard InChI is InChI=1S/C9H15N3O3S2/c1-9(2,3)15-8(13)11-6-5(14-4)7(16-10)17-12-6/h10H2,1-4H3,(H,11,12,13). The van der Waals surface area contributed by atoms with Crippen LogP contribution in [0.25, 0.3) is 0 Å². The third-order valence-electron chi connectivity index (χ3n) is 1.55. The summed E-state index contributed by atoms with van der Waals surface area (Å²) in [6.45, 7) is 5.35. The monoisotopic (exact) mass is 277 g/mol. The van der Waals surface area contributed by atoms with Gasteiger partial charge < -0.3 is 9.47 Å². The predicted molar refractivity (Wildman–Crippen MR) is 68.6 cm³/mol. The summed E-state index contributed by atoms with van der Waals surface area (Å²) >= 11 is 2.17. The van der Waals surface area contributed by atoms with Crippen molar-refractivity contribution in [2.24, 2.45) is 5.14 Å². The minimum absolute atomic E-state index is 0.319. The lowest BCUT2D eigenvalue weighted by Crippen LogP contribution is -2.27. The van der Waals surface area contributed by atoms with Crippen LogP contribution in [0.1, 0.15) is 20.8 Å². The van der Waals surface area contributed by atoms with Gasteiger partial charge in [0.15, 0.2) is 11.6 Å². The topological polar surface area (TPSA) is 86.5 Å². The average Bonchev–Trinajstić information content (AvgIpc) is 2.56. The summed E-state index contributed by atoms with van der Waals surface area (Å²) in [4.78, 5) is 11.5. The zero-order chi connectivity index (χ0) is 13.1. The maximum absolute atomic E-state index is 11.5. The lowest BCUT2D eigenvalue weighted by molar-refractivity contribution is 0.0635. The Morgan fingerprint density at radius 2 is 2.18 bits per heavy atom. The fourth-order valence-corrected chi connectivity index (χ4v) is 2.14. The molecule has 0 unspecified atom stereocenters. The maximum atomic E-state index is 11.5. The van der Waals surface area contributed by atoms with Crippen molar-refractivity contribution in [2.45, 2.75) is 30.6 Å². The number of rotatable bonds is 3. The summed E-state index contributed by atoms with van der Waals surface area (Å²) < 4.78 is 14.9. The molecule has 1 rings (SSSR count). The van der Waals surface area contributed by atoms with Gasteiger partial charge in [0, 0.05) is 0 Å². The number of ether oxygens (including phenoxy) is 2. The molecular formula is C9H15N3O3S2. The van der Waals surface area contributed by atoms with Gasteiger partial charge in [-0.3, -0.25) is 10.5 Å². The number of hydrogen-bond donors (Lipinski definition) is 2. The Balaban J connectivity index is 2.75. The summed E-state index contributed by atoms with van der Waals surface area (Å²) in [6, 6.07) is 0. The van der Waals surface area contributed by atoms with Gasteiger partial charge in [0.2, 0.25) is 0 Å². The van der Waals surface area contributed by atoms with Gasteiger partial charge in [0.05, 0.1) is 7.11 Å². The van der Waals surface area contributed by atoms with Crippen LogP contribution in [0.15, 0.2) is 4.21 Å². The number of nitrogens with two attached hydrogens (primary N) is 1. The number of aromatic nitrogens is 1. The molecular weight excluding hydrogens is 262 g/mol. The van der Waals surface area contributed by atoms with Crippen LogP contribution >= 0.6 is 23.5 Å². The van der Waals surface area contributed by atoms with E-state index in [4.69, 9.17) is 14.6 Å². The van der Waals surface area contributed by atoms with Crippen LogP contribution in [-0.4, -0.2) is 23.2 Å². The van der Waals surface area contributed by atoms with Gasteiger partial charge in [0.25, 0.3) is 0 Å². The van der Waals surface area contributed by atoms with E-state index in [1.165, 1.54) is 7.11 Å². The van der Waals surface area contributed by atoms with Gasteiger partial charge >= 0.3 is 6.09 Å². The summed E-state index contributed by atoms with van der Waals surface area (Å²) in [5, 5.41) is 7.95. The van der Waals surface area contributed by atoms with Crippen LogP contribution in [0.4, 0.5) is 10.6 Å². The molecule has 0 saturated heterocycles. The highest BCUT2D eigenvalue weighted by Crippen LogP contribution is 2.37. The molecule has 1 aromatic rings. The van der Waals surface area contributed by atoms with Crippen molar-refractivity contribution < 1.29 is 14.3 Å². The molecule has 17 heavy (non-hydrogen) atoms. The molecule has 96 valence electrons. The second-order valence-corrected chi connectivity index (χ2v) is 5.77. The van der Waals surface area contributed by atoms with Gasteiger partial charge in [-0.05, 0) is 44.3 Å². The van der Waals surface area contributed by atoms with Gasteiger partial charge in [-0.2, -0.15) is 4.37 Å². The highest BCUT2D eigenvalue weighted by molar-refractivity contribution is 7.99. The van der Waals surface area contributed by atoms with Crippen LogP contribution in [0.3, 0.4) is 0 Å². The molecule has 0 saturated carbocycles. The van der Waals surface area contributed by atoms with Crippen molar-refractivity contribution in [3.63, 3.8) is 0 Å². The molecule has 1 heterocycles. The third-order valence-corrected chi connectivity index (χ3v) is 3.09. The van der Waals surface area contributed by atoms with Crippen molar-refractivity contribution in [3.05, 3.63) is 0 Å². The highest BCUT2D eigenvalue weighted by Gasteiger charge is 2.20. The van der Waals surface area contributed by atoms with Crippen molar-refractivity contribution in [1.29, 1.82) is 0 Å². The van der Waals surface area contributed by atoms with Crippen molar-refractivity contribution >= 4 is 35.4 Å². The largest absolute Gasteiger partial charge is 0.491 e. The van der Waals surface area contributed by atoms with E-state index in [0.29, 0.717) is 15.8 Å². The quantitative estimate of drug-likeness (QED) is 0.825. The summed E-state index contributed by atoms with van der Waals surface area (Å²) in [5.41, 5.74) is -0.557. The fourth-order valence-electron chi connectivity index (χ4n) is 1.00. The van der Waals surface area contributed by atoms with E-state index in [1.54, 1.807) is 20.8 Å². The summed E-state index contributed by atoms with van der Waals surface area (Å²) in [7, 11) is 1.49. The number of methoxy groups -OCH3 is 1. The highest BCUT2D eigenvalue weighted by atomic mass is 32.2. The molecule has 8 heteroatoms. The first-order valence-corrected chi connectivity index (χ1v) is 6.43. The molecule has 1 amide bonds. The molecule has 0 radical (unpaired) electrons. The SMILES string of the molecule is COc1c(NC(=O)OC(C)(C)C)nsc1SN. The minimum Gasteiger partial charge on any atom is -0.491 e. The molecule has 0 aliphatic rings. The lowest BCUT2D eigenvalue weighted by Gasteiger charge is -2.19. The molecule has 0 aliphatic heterocycles. The smallest absolute Gasteiger partial charge is 0.413 e. The molecule has 0 bridgehead atoms. The predicted octanol–water partition coefficient (Wildman–Crippen LogP) is 2.46. The minimum atomic E-state index is -0.574. The van der Waals surface area contributed by atoms with Crippen LogP contribution in [-0.2, 0) is 4.74 Å². The van der Waals surface area contributed by atoms with Crippen LogP contribution in [0.2, 0.25) is 0 Å². The Kier molecular flexibility index (Phi) is 4.61. The number of carbonyl (C=O) groups is 1. The van der Waals surface area contributed by atoms with E-state index in [1.807, 2.05) is 0 Å². The Morgan fingerprint density at radius 1 is 1.53 bits per heavy atom. The van der Waals surface area contributed by atoms with Crippen LogP contribution in [0.5, 0.6) is 5.75 Å². The first-order chi connectivity index (χ1) is 7.87. The third kappa shape index (κ3) is 4.06. The molecule has 0 fully saturated rings. The molecule has 0 spiro atoms. The number of amides is 1. The van der Waals surface area contributed by atoms with Gasteiger partial charge in [0.1, 0.15) is 9.81 Å². The van der Waals surface area contributed by atoms with Gasteiger partial charge in [-0.25, -0.2) is 4.79 Å². The average molecular weight is 277 g/mol. The maximum Gasteiger partial charge on any atom is 0.413 e. The first kappa shape index (κ1) is 14.1. The molecule has 0 aromatic carbocycles. The molecule has 6 nitrogen and oxygen atoms in total. The van der Waals surface area contributed by atoms with E-state index in [0.717, 1.165) is 23.5 Å². The second-order valence-electron chi connectivity index (χ2n) is 4.10. The molecule has 0 aliphatic carbocycles. The molecule has 3 N–H and O–H groups in total. The van der Waals surface area contributed by atoms with Crippen molar-refractivity contribution in [3.8, 4) is 5.75 Å². The number of nitrogens with one attached hydrogen (secondary N) is 1. The van der Waals surface area contributed by atoms with Crippen molar-refractivity contribution in [1.82, 2.24) is 4.37 Å². The number of nitrogens with zero attached hydrogens (tertiary/aromatic N) is 1. The van der Waals surface area contributed by atoms with Crippen molar-refractivity contribution in [2.75, 3.05) is 12.4 Å². The van der Waals surface area contributed by atoms with E-state index < -0.39 is 11.7 Å². The number of anilines is 1. The Bertz CT molecular complexity index is 401. The van der Waals surface area contributed by atoms with Crippen LogP contribution < -0.4 is 15.2 Å². The van der Waals surface area contributed by atoms with Gasteiger partial charge in [-0.15, -0.1) is 0 Å². The van der Waals surface area contributed by atoms with E-state index in [-0.39, 0.29) is 0 Å². The van der Waals surface area contributed by atoms with E-state index in [2.05, 4.69) is 9.69 Å². The van der Waals surface area contributed by atoms with Crippen LogP contribution in [0, 0.1) is 0 Å². The lowest BCUT2D eigenvalue weighted by atomic mass is 10.2. The molecule has 0 atom stereocenters. The Labute approximate surface area is 108 Å². The zero-order valence-corrected chi connectivity index (χ0v) is 11.7. The summed E-state index contributed by atoms with van der Waals surface area (Å²) in [6.07, 6.45) is -0.574.